The van der Waals surface area contributed by atoms with Crippen molar-refractivity contribution in [2.24, 2.45) is 5.92 Å². The van der Waals surface area contributed by atoms with E-state index in [-0.39, 0.29) is 16.5 Å². The van der Waals surface area contributed by atoms with E-state index in [0.717, 1.165) is 25.9 Å². The molecule has 6 heteroatoms. The normalized spacial score (nSPS) is 15.8. The van der Waals surface area contributed by atoms with Gasteiger partial charge in [-0.15, -0.1) is 0 Å². The number of nitrogens with one attached hydrogen (secondary N) is 1. The van der Waals surface area contributed by atoms with Crippen molar-refractivity contribution in [1.29, 1.82) is 0 Å². The van der Waals surface area contributed by atoms with Crippen molar-refractivity contribution >= 4 is 29.2 Å². The van der Waals surface area contributed by atoms with Gasteiger partial charge in [0.2, 0.25) is 5.91 Å². The van der Waals surface area contributed by atoms with Gasteiger partial charge in [-0.2, -0.15) is 0 Å². The number of aromatic carboxylic acids is 1. The van der Waals surface area contributed by atoms with E-state index in [9.17, 15) is 14.7 Å². The van der Waals surface area contributed by atoms with Crippen LogP contribution in [0.1, 0.15) is 30.1 Å². The molecule has 2 rings (SSSR count). The Bertz CT molecular complexity index is 540. The van der Waals surface area contributed by atoms with E-state index in [1.54, 1.807) is 18.2 Å². The largest absolute Gasteiger partial charge is 0.478 e. The molecular weight excluding hydrogens is 292 g/mol. The average molecular weight is 311 g/mol. The zero-order valence-corrected chi connectivity index (χ0v) is 12.7. The summed E-state index contributed by atoms with van der Waals surface area (Å²) in [5.41, 5.74) is 0.840. The number of benzene rings is 1. The molecule has 1 heterocycles. The van der Waals surface area contributed by atoms with E-state index in [1.165, 1.54) is 6.92 Å². The lowest BCUT2D eigenvalue weighted by Gasteiger charge is -2.34. The third-order valence-electron chi connectivity index (χ3n) is 3.80. The minimum absolute atomic E-state index is 0.0135. The fourth-order valence-corrected chi connectivity index (χ4v) is 2.90. The SMILES string of the molecule is CC(=O)NCC1CCN(c2cccc(Cl)c2C(=O)O)CC1. The fourth-order valence-electron chi connectivity index (χ4n) is 2.65. The number of hydrogen-bond donors (Lipinski definition) is 2. The molecule has 21 heavy (non-hydrogen) atoms. The number of amides is 1. The molecule has 0 spiro atoms. The molecule has 1 aromatic carbocycles. The summed E-state index contributed by atoms with van der Waals surface area (Å²) >= 11 is 6.00. The zero-order chi connectivity index (χ0) is 15.4. The van der Waals surface area contributed by atoms with Crippen LogP contribution in [0.15, 0.2) is 18.2 Å². The molecule has 0 atom stereocenters. The fraction of sp³-hybridized carbons (Fsp3) is 0.467. The highest BCUT2D eigenvalue weighted by Crippen LogP contribution is 2.30. The third-order valence-corrected chi connectivity index (χ3v) is 4.12. The van der Waals surface area contributed by atoms with Crippen LogP contribution in [0.5, 0.6) is 0 Å². The highest BCUT2D eigenvalue weighted by molar-refractivity contribution is 6.34. The molecule has 1 amide bonds. The number of carboxylic acid groups (broad SMARTS) is 1. The quantitative estimate of drug-likeness (QED) is 0.896. The summed E-state index contributed by atoms with van der Waals surface area (Å²) in [7, 11) is 0. The molecule has 0 saturated carbocycles. The van der Waals surface area contributed by atoms with Crippen LogP contribution in [0.2, 0.25) is 5.02 Å². The third kappa shape index (κ3) is 3.88. The van der Waals surface area contributed by atoms with Crippen molar-refractivity contribution in [3.63, 3.8) is 0 Å². The number of rotatable bonds is 4. The molecule has 1 aliphatic heterocycles. The number of hydrogen-bond acceptors (Lipinski definition) is 3. The first kappa shape index (κ1) is 15.6. The highest BCUT2D eigenvalue weighted by atomic mass is 35.5. The van der Waals surface area contributed by atoms with Crippen LogP contribution in [-0.2, 0) is 4.79 Å². The van der Waals surface area contributed by atoms with E-state index in [2.05, 4.69) is 10.2 Å². The van der Waals surface area contributed by atoms with Gasteiger partial charge in [-0.3, -0.25) is 4.79 Å². The van der Waals surface area contributed by atoms with E-state index in [0.29, 0.717) is 18.2 Å². The smallest absolute Gasteiger partial charge is 0.339 e. The molecule has 2 N–H and O–H groups in total. The Morgan fingerprint density at radius 1 is 1.38 bits per heavy atom. The Balaban J connectivity index is 2.04. The maximum atomic E-state index is 11.4. The van der Waals surface area contributed by atoms with Gasteiger partial charge in [0.1, 0.15) is 5.56 Å². The zero-order valence-electron chi connectivity index (χ0n) is 11.9. The Labute approximate surface area is 128 Å². The van der Waals surface area contributed by atoms with Gasteiger partial charge in [0.15, 0.2) is 0 Å². The van der Waals surface area contributed by atoms with Gasteiger partial charge in [0.05, 0.1) is 10.7 Å². The predicted molar refractivity (Wildman–Crippen MR) is 82.0 cm³/mol. The van der Waals surface area contributed by atoms with Gasteiger partial charge < -0.3 is 15.3 Å². The predicted octanol–water partition coefficient (Wildman–Crippen LogP) is 2.39. The maximum Gasteiger partial charge on any atom is 0.339 e. The maximum absolute atomic E-state index is 11.4. The van der Waals surface area contributed by atoms with Crippen LogP contribution >= 0.6 is 11.6 Å². The number of carboxylic acids is 1. The van der Waals surface area contributed by atoms with Crippen LogP contribution in [0.25, 0.3) is 0 Å². The second kappa shape index (κ2) is 6.80. The Morgan fingerprint density at radius 3 is 2.62 bits per heavy atom. The molecular formula is C15H19ClN2O3. The number of anilines is 1. The average Bonchev–Trinajstić information content (AvgIpc) is 2.45. The molecule has 1 aromatic rings. The van der Waals surface area contributed by atoms with Gasteiger partial charge in [0, 0.05) is 26.6 Å². The Hall–Kier alpha value is -1.75. The summed E-state index contributed by atoms with van der Waals surface area (Å²) in [5, 5.41) is 12.4. The van der Waals surface area contributed by atoms with Gasteiger partial charge in [0.25, 0.3) is 0 Å². The first-order valence-corrected chi connectivity index (χ1v) is 7.38. The molecule has 1 fully saturated rings. The summed E-state index contributed by atoms with van der Waals surface area (Å²) in [6.07, 6.45) is 1.84. The molecule has 0 bridgehead atoms. The first-order chi connectivity index (χ1) is 9.99. The number of carbonyl (C=O) groups is 2. The summed E-state index contributed by atoms with van der Waals surface area (Å²) in [6.45, 7) is 3.74. The van der Waals surface area contributed by atoms with E-state index < -0.39 is 5.97 Å². The highest BCUT2D eigenvalue weighted by Gasteiger charge is 2.24. The molecule has 0 radical (unpaired) electrons. The van der Waals surface area contributed by atoms with Crippen molar-refractivity contribution in [1.82, 2.24) is 5.32 Å². The second-order valence-corrected chi connectivity index (χ2v) is 5.71. The van der Waals surface area contributed by atoms with Crippen molar-refractivity contribution in [2.75, 3.05) is 24.5 Å². The lowest BCUT2D eigenvalue weighted by atomic mass is 9.95. The van der Waals surface area contributed by atoms with Crippen LogP contribution < -0.4 is 10.2 Å². The van der Waals surface area contributed by atoms with Crippen molar-refractivity contribution in [3.05, 3.63) is 28.8 Å². The molecule has 0 aliphatic carbocycles. The summed E-state index contributed by atoms with van der Waals surface area (Å²) in [6, 6.07) is 5.16. The summed E-state index contributed by atoms with van der Waals surface area (Å²) in [5.74, 6) is -0.575. The lowest BCUT2D eigenvalue weighted by molar-refractivity contribution is -0.119. The number of halogens is 1. The number of carbonyl (C=O) groups excluding carboxylic acids is 1. The number of piperidine rings is 1. The minimum atomic E-state index is -1.00. The molecule has 114 valence electrons. The molecule has 0 aromatic heterocycles. The molecule has 1 saturated heterocycles. The van der Waals surface area contributed by atoms with E-state index in [1.807, 2.05) is 0 Å². The Kier molecular flexibility index (Phi) is 5.07. The van der Waals surface area contributed by atoms with E-state index in [4.69, 9.17) is 11.6 Å². The molecule has 5 nitrogen and oxygen atoms in total. The van der Waals surface area contributed by atoms with Crippen LogP contribution in [0.4, 0.5) is 5.69 Å². The second-order valence-electron chi connectivity index (χ2n) is 5.31. The topological polar surface area (TPSA) is 69.6 Å². The number of nitrogens with zero attached hydrogens (tertiary/aromatic N) is 1. The standard InChI is InChI=1S/C15H19ClN2O3/c1-10(19)17-9-11-5-7-18(8-6-11)13-4-2-3-12(16)14(13)15(20)21/h2-4,11H,5-9H2,1H3,(H,17,19)(H,20,21). The van der Waals surface area contributed by atoms with E-state index >= 15 is 0 Å². The van der Waals surface area contributed by atoms with Crippen LogP contribution in [0.3, 0.4) is 0 Å². The summed E-state index contributed by atoms with van der Waals surface area (Å²) in [4.78, 5) is 24.4. The first-order valence-electron chi connectivity index (χ1n) is 7.00. The monoisotopic (exact) mass is 310 g/mol. The summed E-state index contributed by atoms with van der Waals surface area (Å²) < 4.78 is 0. The van der Waals surface area contributed by atoms with Crippen molar-refractivity contribution in [2.45, 2.75) is 19.8 Å². The molecule has 0 unspecified atom stereocenters. The minimum Gasteiger partial charge on any atom is -0.478 e. The Morgan fingerprint density at radius 2 is 2.05 bits per heavy atom. The van der Waals surface area contributed by atoms with Crippen LogP contribution in [-0.4, -0.2) is 36.6 Å². The van der Waals surface area contributed by atoms with Crippen molar-refractivity contribution in [3.8, 4) is 0 Å². The van der Waals surface area contributed by atoms with Gasteiger partial charge in [-0.25, -0.2) is 4.79 Å². The van der Waals surface area contributed by atoms with Crippen LogP contribution in [0, 0.1) is 5.92 Å². The van der Waals surface area contributed by atoms with Crippen molar-refractivity contribution < 1.29 is 14.7 Å². The lowest BCUT2D eigenvalue weighted by Crippen LogP contribution is -2.38. The van der Waals surface area contributed by atoms with Gasteiger partial charge in [-0.05, 0) is 30.9 Å². The van der Waals surface area contributed by atoms with Gasteiger partial charge >= 0.3 is 5.97 Å². The molecule has 1 aliphatic rings. The van der Waals surface area contributed by atoms with Gasteiger partial charge in [-0.1, -0.05) is 17.7 Å².